The number of rotatable bonds is 6. The van der Waals surface area contributed by atoms with Gasteiger partial charge in [-0.05, 0) is 51.8 Å². The quantitative estimate of drug-likeness (QED) is 0.807. The van der Waals surface area contributed by atoms with Gasteiger partial charge in [-0.3, -0.25) is 0 Å². The summed E-state index contributed by atoms with van der Waals surface area (Å²) in [5.41, 5.74) is 0.605. The molecule has 0 atom stereocenters. The molecule has 0 aromatic heterocycles. The molecule has 0 saturated heterocycles. The Morgan fingerprint density at radius 3 is 2.27 bits per heavy atom. The standard InChI is InChI=1S/C17H27NO4/c1-7-18(16(19)22-17(2,3)4)11-10-13-8-9-14(20-5)15(12-13)21-6/h8-9,12H,7,10-11H2,1-6H3. The SMILES string of the molecule is CCN(CCc1ccc(OC)c(OC)c1)C(=O)OC(C)(C)C. The molecule has 0 radical (unpaired) electrons. The number of carbonyl (C=O) groups excluding carboxylic acids is 1. The minimum Gasteiger partial charge on any atom is -0.493 e. The molecular weight excluding hydrogens is 282 g/mol. The summed E-state index contributed by atoms with van der Waals surface area (Å²) in [5, 5.41) is 0. The normalized spacial score (nSPS) is 11.0. The van der Waals surface area contributed by atoms with Crippen LogP contribution in [0.4, 0.5) is 4.79 Å². The van der Waals surface area contributed by atoms with Gasteiger partial charge in [0.05, 0.1) is 14.2 Å². The molecule has 0 aliphatic carbocycles. The topological polar surface area (TPSA) is 48.0 Å². The highest BCUT2D eigenvalue weighted by molar-refractivity contribution is 5.68. The molecule has 0 N–H and O–H groups in total. The molecule has 5 heteroatoms. The highest BCUT2D eigenvalue weighted by atomic mass is 16.6. The van der Waals surface area contributed by atoms with Crippen molar-refractivity contribution in [1.29, 1.82) is 0 Å². The third-order valence-electron chi connectivity index (χ3n) is 3.15. The fourth-order valence-electron chi connectivity index (χ4n) is 2.01. The molecule has 1 aromatic carbocycles. The van der Waals surface area contributed by atoms with Crippen molar-refractivity contribution < 1.29 is 19.0 Å². The molecule has 0 fully saturated rings. The van der Waals surface area contributed by atoms with E-state index in [9.17, 15) is 4.79 Å². The average molecular weight is 309 g/mol. The number of ether oxygens (including phenoxy) is 3. The van der Waals surface area contributed by atoms with Crippen molar-refractivity contribution in [2.45, 2.75) is 39.7 Å². The van der Waals surface area contributed by atoms with E-state index in [4.69, 9.17) is 14.2 Å². The number of methoxy groups -OCH3 is 2. The molecule has 0 bridgehead atoms. The lowest BCUT2D eigenvalue weighted by atomic mass is 10.1. The molecule has 0 spiro atoms. The molecule has 0 saturated carbocycles. The van der Waals surface area contributed by atoms with E-state index >= 15 is 0 Å². The van der Waals surface area contributed by atoms with Gasteiger partial charge in [-0.1, -0.05) is 6.07 Å². The summed E-state index contributed by atoms with van der Waals surface area (Å²) in [5.74, 6) is 1.39. The van der Waals surface area contributed by atoms with Gasteiger partial charge in [0, 0.05) is 13.1 Å². The molecule has 1 rings (SSSR count). The number of benzene rings is 1. The van der Waals surface area contributed by atoms with Gasteiger partial charge in [-0.2, -0.15) is 0 Å². The van der Waals surface area contributed by atoms with E-state index in [1.165, 1.54) is 0 Å². The van der Waals surface area contributed by atoms with Crippen molar-refractivity contribution in [3.8, 4) is 11.5 Å². The van der Waals surface area contributed by atoms with Crippen LogP contribution in [0.1, 0.15) is 33.3 Å². The monoisotopic (exact) mass is 309 g/mol. The Hall–Kier alpha value is -1.91. The largest absolute Gasteiger partial charge is 0.493 e. The van der Waals surface area contributed by atoms with Gasteiger partial charge in [0.2, 0.25) is 0 Å². The molecule has 0 heterocycles. The third-order valence-corrected chi connectivity index (χ3v) is 3.15. The van der Waals surface area contributed by atoms with Crippen LogP contribution in [0.15, 0.2) is 18.2 Å². The van der Waals surface area contributed by atoms with E-state index in [1.54, 1.807) is 19.1 Å². The van der Waals surface area contributed by atoms with Crippen molar-refractivity contribution in [3.05, 3.63) is 23.8 Å². The van der Waals surface area contributed by atoms with E-state index in [0.29, 0.717) is 24.6 Å². The molecule has 22 heavy (non-hydrogen) atoms. The number of nitrogens with zero attached hydrogens (tertiary/aromatic N) is 1. The van der Waals surface area contributed by atoms with Gasteiger partial charge >= 0.3 is 6.09 Å². The predicted molar refractivity (Wildman–Crippen MR) is 86.7 cm³/mol. The van der Waals surface area contributed by atoms with E-state index in [0.717, 1.165) is 12.0 Å². The maximum absolute atomic E-state index is 12.1. The molecule has 0 aliphatic rings. The van der Waals surface area contributed by atoms with Crippen LogP contribution in [0.2, 0.25) is 0 Å². The van der Waals surface area contributed by atoms with Crippen molar-refractivity contribution in [2.75, 3.05) is 27.3 Å². The molecule has 5 nitrogen and oxygen atoms in total. The number of amides is 1. The zero-order valence-corrected chi connectivity index (χ0v) is 14.4. The van der Waals surface area contributed by atoms with E-state index in [1.807, 2.05) is 45.9 Å². The number of likely N-dealkylation sites (N-methyl/N-ethyl adjacent to an activating group) is 1. The smallest absolute Gasteiger partial charge is 0.410 e. The second kappa shape index (κ2) is 7.92. The van der Waals surface area contributed by atoms with E-state index in [2.05, 4.69) is 0 Å². The van der Waals surface area contributed by atoms with E-state index in [-0.39, 0.29) is 6.09 Å². The minimum absolute atomic E-state index is 0.282. The first-order valence-corrected chi connectivity index (χ1v) is 7.49. The first-order chi connectivity index (χ1) is 10.3. The fourth-order valence-corrected chi connectivity index (χ4v) is 2.01. The lowest BCUT2D eigenvalue weighted by Gasteiger charge is -2.26. The summed E-state index contributed by atoms with van der Waals surface area (Å²) in [6, 6.07) is 5.78. The summed E-state index contributed by atoms with van der Waals surface area (Å²) in [6.07, 6.45) is 0.448. The van der Waals surface area contributed by atoms with Crippen molar-refractivity contribution >= 4 is 6.09 Å². The van der Waals surface area contributed by atoms with Gasteiger partial charge in [0.1, 0.15) is 5.60 Å². The zero-order valence-electron chi connectivity index (χ0n) is 14.4. The molecule has 0 unspecified atom stereocenters. The second-order valence-electron chi connectivity index (χ2n) is 6.00. The number of hydrogen-bond donors (Lipinski definition) is 0. The Bertz CT molecular complexity index is 494. The van der Waals surface area contributed by atoms with Gasteiger partial charge in [-0.25, -0.2) is 4.79 Å². The zero-order chi connectivity index (χ0) is 16.8. The van der Waals surface area contributed by atoms with E-state index < -0.39 is 5.60 Å². The molecule has 1 aromatic rings. The maximum atomic E-state index is 12.1. The summed E-state index contributed by atoms with van der Waals surface area (Å²) in [6.45, 7) is 8.76. The first-order valence-electron chi connectivity index (χ1n) is 7.49. The van der Waals surface area contributed by atoms with Crippen molar-refractivity contribution in [1.82, 2.24) is 4.90 Å². The lowest BCUT2D eigenvalue weighted by molar-refractivity contribution is 0.0262. The maximum Gasteiger partial charge on any atom is 0.410 e. The van der Waals surface area contributed by atoms with Crippen LogP contribution in [-0.4, -0.2) is 43.9 Å². The predicted octanol–water partition coefficient (Wildman–Crippen LogP) is 3.50. The van der Waals surface area contributed by atoms with Crippen molar-refractivity contribution in [3.63, 3.8) is 0 Å². The van der Waals surface area contributed by atoms with Crippen LogP contribution in [0, 0.1) is 0 Å². The highest BCUT2D eigenvalue weighted by Gasteiger charge is 2.20. The molecule has 1 amide bonds. The summed E-state index contributed by atoms with van der Waals surface area (Å²) < 4.78 is 15.9. The van der Waals surface area contributed by atoms with Gasteiger partial charge in [0.15, 0.2) is 11.5 Å². The van der Waals surface area contributed by atoms with Gasteiger partial charge in [0.25, 0.3) is 0 Å². The Labute approximate surface area is 133 Å². The Balaban J connectivity index is 2.69. The third kappa shape index (κ3) is 5.47. The molecule has 124 valence electrons. The van der Waals surface area contributed by atoms with Crippen LogP contribution in [0.5, 0.6) is 11.5 Å². The Morgan fingerprint density at radius 2 is 1.77 bits per heavy atom. The minimum atomic E-state index is -0.478. The van der Waals surface area contributed by atoms with Crippen LogP contribution in [0.25, 0.3) is 0 Å². The Kier molecular flexibility index (Phi) is 6.53. The summed E-state index contributed by atoms with van der Waals surface area (Å²) in [4.78, 5) is 13.8. The van der Waals surface area contributed by atoms with Gasteiger partial charge < -0.3 is 19.1 Å². The van der Waals surface area contributed by atoms with Crippen LogP contribution in [0.3, 0.4) is 0 Å². The lowest BCUT2D eigenvalue weighted by Crippen LogP contribution is -2.37. The summed E-state index contributed by atoms with van der Waals surface area (Å²) >= 11 is 0. The van der Waals surface area contributed by atoms with Crippen LogP contribution >= 0.6 is 0 Å². The number of carbonyl (C=O) groups is 1. The van der Waals surface area contributed by atoms with Crippen LogP contribution < -0.4 is 9.47 Å². The van der Waals surface area contributed by atoms with Crippen molar-refractivity contribution in [2.24, 2.45) is 0 Å². The van der Waals surface area contributed by atoms with Crippen LogP contribution in [-0.2, 0) is 11.2 Å². The molecular formula is C17H27NO4. The highest BCUT2D eigenvalue weighted by Crippen LogP contribution is 2.27. The fraction of sp³-hybridized carbons (Fsp3) is 0.588. The molecule has 0 aliphatic heterocycles. The summed E-state index contributed by atoms with van der Waals surface area (Å²) in [7, 11) is 3.22. The van der Waals surface area contributed by atoms with Gasteiger partial charge in [-0.15, -0.1) is 0 Å². The Morgan fingerprint density at radius 1 is 1.14 bits per heavy atom. The second-order valence-corrected chi connectivity index (χ2v) is 6.00. The number of hydrogen-bond acceptors (Lipinski definition) is 4. The average Bonchev–Trinajstić information content (AvgIpc) is 2.45. The first kappa shape index (κ1) is 18.1.